The Hall–Kier alpha value is -1.07. The smallest absolute Gasteiger partial charge is 0.176 e. The molecule has 1 heterocycles. The molecule has 0 spiro atoms. The summed E-state index contributed by atoms with van der Waals surface area (Å²) in [6, 6.07) is 0. The fourth-order valence-electron chi connectivity index (χ4n) is 0.500. The van der Waals surface area contributed by atoms with E-state index in [1.54, 1.807) is 0 Å². The van der Waals surface area contributed by atoms with Gasteiger partial charge in [0.05, 0.1) is 0 Å². The molecule has 1 heteroatoms. The molecule has 0 aromatic carbocycles. The largest absolute Gasteiger partial charge is 0.207 e. The van der Waals surface area contributed by atoms with Crippen LogP contribution in [0.4, 0.5) is 0 Å². The lowest BCUT2D eigenvalue weighted by Gasteiger charge is -1.76. The molecular formula is C7H8N+. The van der Waals surface area contributed by atoms with Crippen molar-refractivity contribution in [3.63, 3.8) is 0 Å². The SMILES string of the molecule is C[N+]1=CC=C=CC=C1. The van der Waals surface area contributed by atoms with E-state index in [-0.39, 0.29) is 0 Å². The van der Waals surface area contributed by atoms with Gasteiger partial charge in [-0.1, -0.05) is 0 Å². The van der Waals surface area contributed by atoms with E-state index >= 15 is 0 Å². The molecule has 0 aromatic heterocycles. The van der Waals surface area contributed by atoms with E-state index < -0.39 is 0 Å². The van der Waals surface area contributed by atoms with Crippen LogP contribution in [0.1, 0.15) is 0 Å². The zero-order valence-corrected chi connectivity index (χ0v) is 4.83. The van der Waals surface area contributed by atoms with Crippen molar-refractivity contribution in [2.24, 2.45) is 0 Å². The standard InChI is InChI=1S/C7H8N/c1-8-6-4-2-3-5-7-8/h2,4-7H,1H3/q+1. The van der Waals surface area contributed by atoms with Crippen molar-refractivity contribution < 1.29 is 4.58 Å². The van der Waals surface area contributed by atoms with Gasteiger partial charge in [-0.25, -0.2) is 4.58 Å². The van der Waals surface area contributed by atoms with Gasteiger partial charge < -0.3 is 0 Å². The van der Waals surface area contributed by atoms with Gasteiger partial charge in [0, 0.05) is 12.2 Å². The molecule has 0 unspecified atom stereocenters. The predicted octanol–water partition coefficient (Wildman–Crippen LogP) is 0.938. The van der Waals surface area contributed by atoms with Gasteiger partial charge in [0.15, 0.2) is 12.4 Å². The quantitative estimate of drug-likeness (QED) is 0.319. The maximum atomic E-state index is 2.94. The molecule has 0 radical (unpaired) electrons. The van der Waals surface area contributed by atoms with Crippen molar-refractivity contribution in [1.82, 2.24) is 0 Å². The highest BCUT2D eigenvalue weighted by atomic mass is 14.9. The zero-order chi connectivity index (χ0) is 5.82. The van der Waals surface area contributed by atoms with Crippen molar-refractivity contribution in [3.05, 3.63) is 30.2 Å². The molecule has 0 atom stereocenters. The number of hydrogen-bond donors (Lipinski definition) is 0. The van der Waals surface area contributed by atoms with Crippen LogP contribution < -0.4 is 0 Å². The lowest BCUT2D eigenvalue weighted by molar-refractivity contribution is -0.415. The Morgan fingerprint density at radius 3 is 3.12 bits per heavy atom. The van der Waals surface area contributed by atoms with E-state index in [0.717, 1.165) is 0 Å². The lowest BCUT2D eigenvalue weighted by Crippen LogP contribution is -1.92. The number of nitrogens with zero attached hydrogens (tertiary/aromatic N) is 1. The molecule has 8 heavy (non-hydrogen) atoms. The summed E-state index contributed by atoms with van der Waals surface area (Å²) in [7, 11) is 1.98. The average molecular weight is 106 g/mol. The first-order chi connectivity index (χ1) is 3.89. The first-order valence-corrected chi connectivity index (χ1v) is 2.54. The molecule has 1 rings (SSSR count). The summed E-state index contributed by atoms with van der Waals surface area (Å²) < 4.78 is 1.97. The molecule has 1 aliphatic rings. The number of hydrogen-bond acceptors (Lipinski definition) is 0. The third kappa shape index (κ3) is 1.21. The minimum Gasteiger partial charge on any atom is -0.207 e. The molecule has 40 valence electrons. The fraction of sp³-hybridized carbons (Fsp3) is 0.143. The van der Waals surface area contributed by atoms with Gasteiger partial charge in [0.1, 0.15) is 7.05 Å². The third-order valence-corrected chi connectivity index (χ3v) is 0.920. The predicted molar refractivity (Wildman–Crippen MR) is 34.0 cm³/mol. The van der Waals surface area contributed by atoms with E-state index in [0.29, 0.717) is 0 Å². The molecule has 0 aliphatic carbocycles. The summed E-state index contributed by atoms with van der Waals surface area (Å²) in [6.45, 7) is 0. The summed E-state index contributed by atoms with van der Waals surface area (Å²) in [5, 5.41) is 0. The molecule has 0 aromatic rings. The molecule has 1 nitrogen and oxygen atoms in total. The Morgan fingerprint density at radius 1 is 1.38 bits per heavy atom. The Bertz CT molecular complexity index is 190. The second kappa shape index (κ2) is 2.29. The molecule has 0 saturated carbocycles. The summed E-state index contributed by atoms with van der Waals surface area (Å²) in [5.41, 5.74) is 2.94. The van der Waals surface area contributed by atoms with E-state index in [2.05, 4.69) is 5.73 Å². The molecular weight excluding hydrogens is 98.1 g/mol. The van der Waals surface area contributed by atoms with Crippen molar-refractivity contribution in [2.75, 3.05) is 7.05 Å². The highest BCUT2D eigenvalue weighted by Gasteiger charge is 1.82. The molecule has 0 N–H and O–H groups in total. The summed E-state index contributed by atoms with van der Waals surface area (Å²) in [5.74, 6) is 0. The first-order valence-electron chi connectivity index (χ1n) is 2.54. The monoisotopic (exact) mass is 106 g/mol. The van der Waals surface area contributed by atoms with Crippen LogP contribution in [0.15, 0.2) is 30.2 Å². The van der Waals surface area contributed by atoms with Crippen LogP contribution in [0.25, 0.3) is 0 Å². The van der Waals surface area contributed by atoms with E-state index in [9.17, 15) is 0 Å². The third-order valence-electron chi connectivity index (χ3n) is 0.920. The van der Waals surface area contributed by atoms with Crippen molar-refractivity contribution in [3.8, 4) is 0 Å². The highest BCUT2D eigenvalue weighted by molar-refractivity contribution is 5.66. The fourth-order valence-corrected chi connectivity index (χ4v) is 0.500. The molecule has 0 fully saturated rings. The maximum absolute atomic E-state index is 2.94. The Kier molecular flexibility index (Phi) is 1.45. The van der Waals surface area contributed by atoms with Crippen molar-refractivity contribution in [2.45, 2.75) is 0 Å². The van der Waals surface area contributed by atoms with E-state index in [1.165, 1.54) is 0 Å². The second-order valence-corrected chi connectivity index (χ2v) is 1.66. The summed E-state index contributed by atoms with van der Waals surface area (Å²) in [6.07, 6.45) is 9.61. The highest BCUT2D eigenvalue weighted by Crippen LogP contribution is 1.78. The van der Waals surface area contributed by atoms with E-state index in [4.69, 9.17) is 0 Å². The molecule has 0 amide bonds. The Labute approximate surface area is 49.0 Å². The van der Waals surface area contributed by atoms with Crippen LogP contribution in [0.2, 0.25) is 0 Å². The number of allylic oxidation sites excluding steroid dienone is 2. The maximum Gasteiger partial charge on any atom is 0.176 e. The Morgan fingerprint density at radius 2 is 2.25 bits per heavy atom. The van der Waals surface area contributed by atoms with E-state index in [1.807, 2.05) is 42.3 Å². The normalized spacial score (nSPS) is 15.9. The summed E-state index contributed by atoms with van der Waals surface area (Å²) >= 11 is 0. The van der Waals surface area contributed by atoms with Crippen LogP contribution in [0.5, 0.6) is 0 Å². The van der Waals surface area contributed by atoms with Crippen LogP contribution in [0, 0.1) is 0 Å². The topological polar surface area (TPSA) is 3.01 Å². The second-order valence-electron chi connectivity index (χ2n) is 1.66. The lowest BCUT2D eigenvalue weighted by atomic mass is 10.5. The minimum atomic E-state index is 1.88. The van der Waals surface area contributed by atoms with Gasteiger partial charge in [-0.2, -0.15) is 0 Å². The first kappa shape index (κ1) is 5.07. The minimum absolute atomic E-state index is 1.88. The molecule has 1 aliphatic heterocycles. The van der Waals surface area contributed by atoms with Crippen LogP contribution in [-0.4, -0.2) is 17.8 Å². The Balaban J connectivity index is 2.90. The van der Waals surface area contributed by atoms with Gasteiger partial charge in [-0.15, -0.1) is 5.73 Å². The average Bonchev–Trinajstić information content (AvgIpc) is 1.94. The van der Waals surface area contributed by atoms with Gasteiger partial charge >= 0.3 is 0 Å². The van der Waals surface area contributed by atoms with Crippen LogP contribution >= 0.6 is 0 Å². The summed E-state index contributed by atoms with van der Waals surface area (Å²) in [4.78, 5) is 0. The van der Waals surface area contributed by atoms with Crippen LogP contribution in [0.3, 0.4) is 0 Å². The van der Waals surface area contributed by atoms with Gasteiger partial charge in [-0.3, -0.25) is 0 Å². The van der Waals surface area contributed by atoms with Crippen molar-refractivity contribution >= 4 is 6.21 Å². The van der Waals surface area contributed by atoms with Crippen LogP contribution in [-0.2, 0) is 0 Å². The van der Waals surface area contributed by atoms with Gasteiger partial charge in [0.25, 0.3) is 0 Å². The molecule has 0 bridgehead atoms. The number of rotatable bonds is 0. The van der Waals surface area contributed by atoms with Crippen molar-refractivity contribution in [1.29, 1.82) is 0 Å². The van der Waals surface area contributed by atoms with Gasteiger partial charge in [0.2, 0.25) is 0 Å². The zero-order valence-electron chi connectivity index (χ0n) is 4.83. The van der Waals surface area contributed by atoms with Gasteiger partial charge in [-0.05, 0) is 6.08 Å². The molecule has 0 saturated heterocycles.